The lowest BCUT2D eigenvalue weighted by Gasteiger charge is -2.10. The summed E-state index contributed by atoms with van der Waals surface area (Å²) in [5, 5.41) is 0. The van der Waals surface area contributed by atoms with Crippen LogP contribution in [0, 0.1) is 4.78 Å². The first-order valence-electron chi connectivity index (χ1n) is 5.64. The molecule has 2 aromatic carbocycles. The van der Waals surface area contributed by atoms with E-state index in [-0.39, 0.29) is 12.4 Å². The fourth-order valence-corrected chi connectivity index (χ4v) is 4.23. The van der Waals surface area contributed by atoms with Gasteiger partial charge in [0.15, 0.2) is 0 Å². The van der Waals surface area contributed by atoms with E-state index in [0.717, 1.165) is 24.0 Å². The van der Waals surface area contributed by atoms with Gasteiger partial charge in [0.1, 0.15) is 9.73 Å². The Morgan fingerprint density at radius 3 is 1.67 bits per heavy atom. The Labute approximate surface area is 113 Å². The maximum atomic E-state index is 12.7. The monoisotopic (exact) mass is 279 g/mol. The smallest absolute Gasteiger partial charge is 0.102 e. The molecule has 0 radical (unpaired) electrons. The van der Waals surface area contributed by atoms with E-state index in [2.05, 4.69) is 0 Å². The third-order valence-corrected chi connectivity index (χ3v) is 5.26. The summed E-state index contributed by atoms with van der Waals surface area (Å²) in [4.78, 5) is 1.37. The molecule has 4 heteroatoms. The molecule has 1 aliphatic heterocycles. The number of fused-ring (bicyclic) bond motifs is 2. The van der Waals surface area contributed by atoms with Gasteiger partial charge in [0.25, 0.3) is 0 Å². The molecular formula is C14H14ClNOS. The second-order valence-electron chi connectivity index (χ2n) is 4.27. The van der Waals surface area contributed by atoms with E-state index in [0.29, 0.717) is 9.79 Å². The van der Waals surface area contributed by atoms with Gasteiger partial charge in [-0.3, -0.25) is 0 Å². The van der Waals surface area contributed by atoms with Gasteiger partial charge in [-0.25, -0.2) is 8.99 Å². The molecule has 1 N–H and O–H groups in total. The first-order valence-corrected chi connectivity index (χ1v) is 7.20. The third kappa shape index (κ3) is 1.93. The van der Waals surface area contributed by atoms with Gasteiger partial charge >= 0.3 is 0 Å². The summed E-state index contributed by atoms with van der Waals surface area (Å²) in [6.07, 6.45) is 1.73. The molecular weight excluding hydrogens is 266 g/mol. The molecule has 0 unspecified atom stereocenters. The van der Waals surface area contributed by atoms with E-state index in [4.69, 9.17) is 4.78 Å². The van der Waals surface area contributed by atoms with Crippen LogP contribution in [0.4, 0.5) is 0 Å². The highest BCUT2D eigenvalue weighted by Gasteiger charge is 2.23. The van der Waals surface area contributed by atoms with Gasteiger partial charge in [-0.05, 0) is 36.1 Å². The van der Waals surface area contributed by atoms with Crippen LogP contribution in [0.3, 0.4) is 0 Å². The van der Waals surface area contributed by atoms with Crippen molar-refractivity contribution in [1.29, 1.82) is 4.78 Å². The maximum absolute atomic E-state index is 12.7. The zero-order valence-corrected chi connectivity index (χ0v) is 11.4. The average molecular weight is 280 g/mol. The summed E-state index contributed by atoms with van der Waals surface area (Å²) < 4.78 is 21.0. The van der Waals surface area contributed by atoms with Crippen LogP contribution in [0.2, 0.25) is 0 Å². The molecule has 0 atom stereocenters. The molecule has 0 fully saturated rings. The minimum absolute atomic E-state index is 0. The van der Waals surface area contributed by atoms with Gasteiger partial charge in [0.05, 0.1) is 9.79 Å². The number of rotatable bonds is 0. The summed E-state index contributed by atoms with van der Waals surface area (Å²) >= 11 is 0. The Morgan fingerprint density at radius 1 is 0.833 bits per heavy atom. The fourth-order valence-electron chi connectivity index (χ4n) is 2.37. The van der Waals surface area contributed by atoms with Crippen LogP contribution < -0.4 is 0 Å². The second kappa shape index (κ2) is 4.75. The lowest BCUT2D eigenvalue weighted by atomic mass is 10.0. The largest absolute Gasteiger partial charge is 0.245 e. The molecule has 0 aliphatic carbocycles. The van der Waals surface area contributed by atoms with Gasteiger partial charge < -0.3 is 0 Å². The third-order valence-electron chi connectivity index (χ3n) is 3.23. The zero-order valence-electron chi connectivity index (χ0n) is 9.76. The van der Waals surface area contributed by atoms with E-state index in [9.17, 15) is 4.21 Å². The SMILES string of the molecule is Cl.N=S1(=O)c2ccccc2CCc2ccccc21. The molecule has 18 heavy (non-hydrogen) atoms. The van der Waals surface area contributed by atoms with Crippen molar-refractivity contribution in [2.45, 2.75) is 22.6 Å². The minimum Gasteiger partial charge on any atom is -0.245 e. The molecule has 94 valence electrons. The average Bonchev–Trinajstić information content (AvgIpc) is 2.47. The molecule has 1 heterocycles. The number of aryl methyl sites for hydroxylation is 2. The van der Waals surface area contributed by atoms with Crippen molar-refractivity contribution in [2.75, 3.05) is 0 Å². The maximum Gasteiger partial charge on any atom is 0.102 e. The number of halogens is 1. The number of benzene rings is 2. The van der Waals surface area contributed by atoms with Gasteiger partial charge in [-0.2, -0.15) is 0 Å². The molecule has 2 aromatic rings. The summed E-state index contributed by atoms with van der Waals surface area (Å²) in [7, 11) is -2.84. The first-order chi connectivity index (χ1) is 8.19. The Bertz CT molecular complexity index is 626. The van der Waals surface area contributed by atoms with Crippen molar-refractivity contribution in [1.82, 2.24) is 0 Å². The van der Waals surface area contributed by atoms with Crippen LogP contribution in [0.1, 0.15) is 11.1 Å². The van der Waals surface area contributed by atoms with Gasteiger partial charge in [-0.1, -0.05) is 36.4 Å². The first kappa shape index (κ1) is 13.1. The van der Waals surface area contributed by atoms with Gasteiger partial charge in [0, 0.05) is 0 Å². The minimum atomic E-state index is -2.84. The summed E-state index contributed by atoms with van der Waals surface area (Å²) in [6.45, 7) is 0. The van der Waals surface area contributed by atoms with Crippen molar-refractivity contribution in [3.63, 3.8) is 0 Å². The molecule has 0 bridgehead atoms. The Kier molecular flexibility index (Phi) is 3.46. The van der Waals surface area contributed by atoms with Crippen molar-refractivity contribution < 1.29 is 4.21 Å². The highest BCUT2D eigenvalue weighted by molar-refractivity contribution is 7.92. The quantitative estimate of drug-likeness (QED) is 0.785. The van der Waals surface area contributed by atoms with Crippen LogP contribution in [0.15, 0.2) is 58.3 Å². The number of hydrogen-bond acceptors (Lipinski definition) is 2. The van der Waals surface area contributed by atoms with Gasteiger partial charge in [0.2, 0.25) is 0 Å². The Balaban J connectivity index is 0.00000120. The van der Waals surface area contributed by atoms with E-state index in [1.807, 2.05) is 48.5 Å². The molecule has 0 saturated heterocycles. The normalized spacial score (nSPS) is 15.8. The van der Waals surface area contributed by atoms with E-state index in [1.54, 1.807) is 0 Å². The number of nitrogens with one attached hydrogen (secondary N) is 1. The molecule has 2 nitrogen and oxygen atoms in total. The molecule has 0 spiro atoms. The van der Waals surface area contributed by atoms with E-state index >= 15 is 0 Å². The summed E-state index contributed by atoms with van der Waals surface area (Å²) in [6, 6.07) is 15.2. The molecule has 0 saturated carbocycles. The second-order valence-corrected chi connectivity index (χ2v) is 6.26. The molecule has 0 aromatic heterocycles. The van der Waals surface area contributed by atoms with Crippen molar-refractivity contribution in [3.8, 4) is 0 Å². The topological polar surface area (TPSA) is 40.9 Å². The van der Waals surface area contributed by atoms with Crippen LogP contribution in [0.5, 0.6) is 0 Å². The predicted molar refractivity (Wildman–Crippen MR) is 74.9 cm³/mol. The fraction of sp³-hybridized carbons (Fsp3) is 0.143. The number of hydrogen-bond donors (Lipinski definition) is 1. The zero-order chi connectivity index (χ0) is 11.9. The standard InChI is InChI=1S/C14H13NOS.ClH/c15-17(16)13-7-3-1-5-11(13)9-10-12-6-2-4-8-14(12)17;/h1-8,15H,9-10H2;1H. The molecule has 3 rings (SSSR count). The summed E-state index contributed by atoms with van der Waals surface area (Å²) in [5.41, 5.74) is 2.09. The lowest BCUT2D eigenvalue weighted by Crippen LogP contribution is -2.02. The van der Waals surface area contributed by atoms with Crippen LogP contribution in [-0.4, -0.2) is 4.21 Å². The van der Waals surface area contributed by atoms with Crippen molar-refractivity contribution >= 4 is 22.1 Å². The highest BCUT2D eigenvalue weighted by atomic mass is 35.5. The van der Waals surface area contributed by atoms with Gasteiger partial charge in [-0.15, -0.1) is 12.4 Å². The van der Waals surface area contributed by atoms with Crippen molar-refractivity contribution in [2.24, 2.45) is 0 Å². The molecule has 0 amide bonds. The van der Waals surface area contributed by atoms with Crippen LogP contribution in [-0.2, 0) is 22.6 Å². The predicted octanol–water partition coefficient (Wildman–Crippen LogP) is 3.67. The lowest BCUT2D eigenvalue weighted by molar-refractivity contribution is 0.674. The van der Waals surface area contributed by atoms with Crippen molar-refractivity contribution in [3.05, 3.63) is 59.7 Å². The molecule has 1 aliphatic rings. The Hall–Kier alpha value is -1.32. The van der Waals surface area contributed by atoms with Crippen LogP contribution in [0.25, 0.3) is 0 Å². The Morgan fingerprint density at radius 2 is 1.22 bits per heavy atom. The highest BCUT2D eigenvalue weighted by Crippen LogP contribution is 2.31. The summed E-state index contributed by atoms with van der Waals surface area (Å²) in [5.74, 6) is 0. The van der Waals surface area contributed by atoms with E-state index < -0.39 is 9.73 Å². The van der Waals surface area contributed by atoms with Crippen LogP contribution >= 0.6 is 12.4 Å². The van der Waals surface area contributed by atoms with E-state index in [1.165, 1.54) is 0 Å².